The highest BCUT2D eigenvalue weighted by atomic mass is 16.4. The fraction of sp³-hybridized carbons (Fsp3) is 0.818. The van der Waals surface area contributed by atoms with Crippen molar-refractivity contribution in [2.24, 2.45) is 5.41 Å². The molecule has 15 heavy (non-hydrogen) atoms. The van der Waals surface area contributed by atoms with Crippen LogP contribution in [0.3, 0.4) is 0 Å². The van der Waals surface area contributed by atoms with E-state index >= 15 is 0 Å². The Kier molecular flexibility index (Phi) is 5.33. The molecule has 0 bridgehead atoms. The van der Waals surface area contributed by atoms with Gasteiger partial charge in [-0.3, -0.25) is 9.59 Å². The number of aliphatic carboxylic acids is 1. The van der Waals surface area contributed by atoms with Crippen LogP contribution in [-0.4, -0.2) is 23.0 Å². The van der Waals surface area contributed by atoms with Crippen molar-refractivity contribution in [1.29, 1.82) is 0 Å². The predicted molar refractivity (Wildman–Crippen MR) is 58.5 cm³/mol. The maximum atomic E-state index is 11.7. The van der Waals surface area contributed by atoms with E-state index in [2.05, 4.69) is 5.32 Å². The molecule has 0 radical (unpaired) electrons. The number of carbonyl (C=O) groups excluding carboxylic acids is 1. The van der Waals surface area contributed by atoms with Gasteiger partial charge in [0, 0.05) is 17.9 Å². The number of carboxylic acids is 1. The highest BCUT2D eigenvalue weighted by molar-refractivity contribution is 5.82. The topological polar surface area (TPSA) is 66.4 Å². The molecule has 0 heterocycles. The lowest BCUT2D eigenvalue weighted by Crippen LogP contribution is -2.41. The molecule has 0 saturated heterocycles. The van der Waals surface area contributed by atoms with E-state index in [0.29, 0.717) is 6.42 Å². The van der Waals surface area contributed by atoms with Gasteiger partial charge in [0.05, 0.1) is 0 Å². The van der Waals surface area contributed by atoms with E-state index in [9.17, 15) is 9.59 Å². The van der Waals surface area contributed by atoms with Crippen molar-refractivity contribution in [3.8, 4) is 0 Å². The second-order valence-corrected chi connectivity index (χ2v) is 4.54. The fourth-order valence-corrected chi connectivity index (χ4v) is 0.992. The zero-order valence-electron chi connectivity index (χ0n) is 9.96. The number of hydrogen-bond acceptors (Lipinski definition) is 2. The van der Waals surface area contributed by atoms with E-state index in [1.807, 2.05) is 27.7 Å². The van der Waals surface area contributed by atoms with E-state index in [-0.39, 0.29) is 23.8 Å². The minimum Gasteiger partial charge on any atom is -0.481 e. The summed E-state index contributed by atoms with van der Waals surface area (Å²) in [5, 5.41) is 11.3. The summed E-state index contributed by atoms with van der Waals surface area (Å²) in [6.45, 7) is 7.55. The zero-order valence-corrected chi connectivity index (χ0v) is 9.96. The maximum Gasteiger partial charge on any atom is 0.303 e. The van der Waals surface area contributed by atoms with Crippen LogP contribution in [0.15, 0.2) is 0 Å². The van der Waals surface area contributed by atoms with E-state index < -0.39 is 5.97 Å². The Morgan fingerprint density at radius 2 is 1.93 bits per heavy atom. The third kappa shape index (κ3) is 5.40. The van der Waals surface area contributed by atoms with Gasteiger partial charge in [-0.25, -0.2) is 0 Å². The summed E-state index contributed by atoms with van der Waals surface area (Å²) in [7, 11) is 0. The molecule has 0 spiro atoms. The first-order valence-electron chi connectivity index (χ1n) is 5.32. The quantitative estimate of drug-likeness (QED) is 0.710. The van der Waals surface area contributed by atoms with Gasteiger partial charge in [0.15, 0.2) is 0 Å². The Morgan fingerprint density at radius 3 is 2.33 bits per heavy atom. The van der Waals surface area contributed by atoms with E-state index in [1.165, 1.54) is 0 Å². The fourth-order valence-electron chi connectivity index (χ4n) is 0.992. The molecule has 1 amide bonds. The van der Waals surface area contributed by atoms with E-state index in [0.717, 1.165) is 6.42 Å². The lowest BCUT2D eigenvalue weighted by Gasteiger charge is -2.24. The Hall–Kier alpha value is -1.06. The van der Waals surface area contributed by atoms with Crippen molar-refractivity contribution in [3.63, 3.8) is 0 Å². The molecule has 0 fully saturated rings. The van der Waals surface area contributed by atoms with Crippen LogP contribution in [0.2, 0.25) is 0 Å². The molecule has 4 heteroatoms. The molecule has 0 aromatic carbocycles. The second-order valence-electron chi connectivity index (χ2n) is 4.54. The van der Waals surface area contributed by atoms with Crippen molar-refractivity contribution >= 4 is 11.9 Å². The van der Waals surface area contributed by atoms with Crippen LogP contribution >= 0.6 is 0 Å². The second kappa shape index (κ2) is 5.73. The van der Waals surface area contributed by atoms with E-state index in [1.54, 1.807) is 0 Å². The Balaban J connectivity index is 4.01. The molecule has 0 aliphatic rings. The van der Waals surface area contributed by atoms with Gasteiger partial charge >= 0.3 is 5.97 Å². The average molecular weight is 215 g/mol. The normalized spacial score (nSPS) is 13.3. The van der Waals surface area contributed by atoms with Gasteiger partial charge in [0.2, 0.25) is 5.91 Å². The zero-order chi connectivity index (χ0) is 12.1. The van der Waals surface area contributed by atoms with Gasteiger partial charge in [-0.2, -0.15) is 0 Å². The van der Waals surface area contributed by atoms with Crippen molar-refractivity contribution in [2.45, 2.75) is 53.0 Å². The minimum atomic E-state index is -0.828. The molecule has 1 unspecified atom stereocenters. The van der Waals surface area contributed by atoms with Gasteiger partial charge in [-0.1, -0.05) is 20.8 Å². The van der Waals surface area contributed by atoms with Crippen LogP contribution in [-0.2, 0) is 9.59 Å². The molecule has 88 valence electrons. The number of nitrogens with one attached hydrogen (secondary N) is 1. The van der Waals surface area contributed by atoms with Crippen molar-refractivity contribution in [3.05, 3.63) is 0 Å². The molecular formula is C11H21NO3. The third-order valence-corrected chi connectivity index (χ3v) is 2.67. The minimum absolute atomic E-state index is 0.0112. The molecule has 0 aliphatic carbocycles. The lowest BCUT2D eigenvalue weighted by atomic mass is 9.89. The van der Waals surface area contributed by atoms with Crippen molar-refractivity contribution < 1.29 is 14.7 Å². The van der Waals surface area contributed by atoms with Crippen LogP contribution in [0, 0.1) is 5.41 Å². The molecule has 0 aromatic rings. The first kappa shape index (κ1) is 13.9. The van der Waals surface area contributed by atoms with Crippen LogP contribution in [0.4, 0.5) is 0 Å². The van der Waals surface area contributed by atoms with Gasteiger partial charge in [0.25, 0.3) is 0 Å². The van der Waals surface area contributed by atoms with Crippen molar-refractivity contribution in [2.75, 3.05) is 0 Å². The SMILES string of the molecule is CCC(C)(C)C(=O)NC(C)CCC(=O)O. The van der Waals surface area contributed by atoms with Crippen LogP contribution in [0.1, 0.15) is 47.0 Å². The molecule has 0 aliphatic heterocycles. The Bertz CT molecular complexity index is 236. The first-order valence-corrected chi connectivity index (χ1v) is 5.32. The average Bonchev–Trinajstić information content (AvgIpc) is 2.14. The van der Waals surface area contributed by atoms with Gasteiger partial charge in [-0.05, 0) is 19.8 Å². The van der Waals surface area contributed by atoms with Crippen LogP contribution in [0.5, 0.6) is 0 Å². The molecule has 2 N–H and O–H groups in total. The summed E-state index contributed by atoms with van der Waals surface area (Å²) < 4.78 is 0. The third-order valence-electron chi connectivity index (χ3n) is 2.67. The summed E-state index contributed by atoms with van der Waals surface area (Å²) in [6, 6.07) is -0.0839. The number of carbonyl (C=O) groups is 2. The Morgan fingerprint density at radius 1 is 1.40 bits per heavy atom. The standard InChI is InChI=1S/C11H21NO3/c1-5-11(3,4)10(15)12-8(2)6-7-9(13)14/h8H,5-7H2,1-4H3,(H,12,15)(H,13,14). The molecule has 0 rings (SSSR count). The van der Waals surface area contributed by atoms with Gasteiger partial charge < -0.3 is 10.4 Å². The van der Waals surface area contributed by atoms with Crippen LogP contribution in [0.25, 0.3) is 0 Å². The molecule has 1 atom stereocenters. The lowest BCUT2D eigenvalue weighted by molar-refractivity contribution is -0.137. The Labute approximate surface area is 91.1 Å². The molecule has 0 saturated carbocycles. The maximum absolute atomic E-state index is 11.7. The number of carboxylic acid groups (broad SMARTS) is 1. The number of rotatable bonds is 6. The smallest absolute Gasteiger partial charge is 0.303 e. The molecular weight excluding hydrogens is 194 g/mol. The number of amides is 1. The van der Waals surface area contributed by atoms with Gasteiger partial charge in [-0.15, -0.1) is 0 Å². The summed E-state index contributed by atoms with van der Waals surface area (Å²) in [4.78, 5) is 22.0. The monoisotopic (exact) mass is 215 g/mol. The first-order chi connectivity index (χ1) is 6.79. The summed E-state index contributed by atoms with van der Waals surface area (Å²) in [5.41, 5.74) is -0.377. The predicted octanol–water partition coefficient (Wildman–Crippen LogP) is 1.79. The largest absolute Gasteiger partial charge is 0.481 e. The van der Waals surface area contributed by atoms with Gasteiger partial charge in [0.1, 0.15) is 0 Å². The highest BCUT2D eigenvalue weighted by Gasteiger charge is 2.26. The van der Waals surface area contributed by atoms with Crippen LogP contribution < -0.4 is 5.32 Å². The number of hydrogen-bond donors (Lipinski definition) is 2. The molecule has 0 aromatic heterocycles. The highest BCUT2D eigenvalue weighted by Crippen LogP contribution is 2.19. The summed E-state index contributed by atoms with van der Waals surface area (Å²) in [5.74, 6) is -0.839. The molecule has 4 nitrogen and oxygen atoms in total. The van der Waals surface area contributed by atoms with E-state index in [4.69, 9.17) is 5.11 Å². The summed E-state index contributed by atoms with van der Waals surface area (Å²) >= 11 is 0. The van der Waals surface area contributed by atoms with Crippen molar-refractivity contribution in [1.82, 2.24) is 5.32 Å². The summed E-state index contributed by atoms with van der Waals surface area (Å²) in [6.07, 6.45) is 1.33.